The predicted octanol–water partition coefficient (Wildman–Crippen LogP) is 2.81. The highest BCUT2D eigenvalue weighted by atomic mass is 32.1. The number of rotatable bonds is 1. The van der Waals surface area contributed by atoms with Crippen molar-refractivity contribution in [1.82, 2.24) is 5.32 Å². The summed E-state index contributed by atoms with van der Waals surface area (Å²) in [6, 6.07) is 5.01. The van der Waals surface area contributed by atoms with Gasteiger partial charge in [-0.2, -0.15) is 0 Å². The lowest BCUT2D eigenvalue weighted by Crippen LogP contribution is -2.30. The van der Waals surface area contributed by atoms with Crippen molar-refractivity contribution in [2.24, 2.45) is 5.92 Å². The molecule has 1 fully saturated rings. The summed E-state index contributed by atoms with van der Waals surface area (Å²) >= 11 is 1.87. The molecule has 12 heavy (non-hydrogen) atoms. The van der Waals surface area contributed by atoms with Crippen LogP contribution in [0.15, 0.2) is 17.5 Å². The van der Waals surface area contributed by atoms with Crippen LogP contribution in [0.25, 0.3) is 0 Å². The van der Waals surface area contributed by atoms with Crippen molar-refractivity contribution in [1.29, 1.82) is 0 Å². The maximum atomic E-state index is 3.56. The van der Waals surface area contributed by atoms with Crippen LogP contribution in [0.2, 0.25) is 0 Å². The average molecular weight is 181 g/mol. The molecule has 1 aliphatic heterocycles. The maximum absolute atomic E-state index is 3.56. The second kappa shape index (κ2) is 3.58. The van der Waals surface area contributed by atoms with Crippen molar-refractivity contribution in [3.63, 3.8) is 0 Å². The molecular formula is C10H15NS. The van der Waals surface area contributed by atoms with E-state index in [1.807, 2.05) is 11.3 Å². The van der Waals surface area contributed by atoms with Crippen molar-refractivity contribution in [2.75, 3.05) is 6.54 Å². The molecule has 1 N–H and O–H groups in total. The summed E-state index contributed by atoms with van der Waals surface area (Å²) in [5.74, 6) is 0.887. The van der Waals surface area contributed by atoms with Crippen molar-refractivity contribution in [3.8, 4) is 0 Å². The molecule has 0 amide bonds. The third-order valence-electron chi connectivity index (χ3n) is 2.55. The number of hydrogen-bond donors (Lipinski definition) is 1. The molecule has 0 saturated carbocycles. The van der Waals surface area contributed by atoms with Gasteiger partial charge in [-0.15, -0.1) is 11.3 Å². The first-order valence-electron chi connectivity index (χ1n) is 4.63. The fraction of sp³-hybridized carbons (Fsp3) is 0.600. The molecule has 2 heterocycles. The third-order valence-corrected chi connectivity index (χ3v) is 3.54. The second-order valence-corrected chi connectivity index (χ2v) is 4.63. The summed E-state index contributed by atoms with van der Waals surface area (Å²) in [7, 11) is 0. The number of piperidine rings is 1. The Kier molecular flexibility index (Phi) is 2.47. The normalized spacial score (nSPS) is 30.4. The van der Waals surface area contributed by atoms with Gasteiger partial charge in [-0.25, -0.2) is 0 Å². The van der Waals surface area contributed by atoms with Gasteiger partial charge in [0.15, 0.2) is 0 Å². The molecule has 66 valence electrons. The van der Waals surface area contributed by atoms with E-state index < -0.39 is 0 Å². The van der Waals surface area contributed by atoms with E-state index in [4.69, 9.17) is 0 Å². The van der Waals surface area contributed by atoms with Gasteiger partial charge in [-0.1, -0.05) is 13.0 Å². The highest BCUT2D eigenvalue weighted by Gasteiger charge is 2.19. The molecule has 1 nitrogen and oxygen atoms in total. The molecular weight excluding hydrogens is 166 g/mol. The molecule has 2 unspecified atom stereocenters. The van der Waals surface area contributed by atoms with Gasteiger partial charge in [-0.05, 0) is 36.8 Å². The molecule has 1 aliphatic rings. The Hall–Kier alpha value is -0.340. The lowest BCUT2D eigenvalue weighted by atomic mass is 9.94. The largest absolute Gasteiger partial charge is 0.309 e. The van der Waals surface area contributed by atoms with E-state index in [1.165, 1.54) is 24.3 Å². The van der Waals surface area contributed by atoms with E-state index in [2.05, 4.69) is 29.8 Å². The van der Waals surface area contributed by atoms with Gasteiger partial charge in [-0.3, -0.25) is 0 Å². The third kappa shape index (κ3) is 1.70. The topological polar surface area (TPSA) is 12.0 Å². The predicted molar refractivity (Wildman–Crippen MR) is 53.5 cm³/mol. The average Bonchev–Trinajstić information content (AvgIpc) is 2.56. The summed E-state index contributed by atoms with van der Waals surface area (Å²) in [5.41, 5.74) is 0. The number of nitrogens with one attached hydrogen (secondary N) is 1. The Morgan fingerprint density at radius 1 is 1.58 bits per heavy atom. The molecule has 1 aromatic rings. The first-order valence-corrected chi connectivity index (χ1v) is 5.51. The fourth-order valence-electron chi connectivity index (χ4n) is 1.81. The summed E-state index contributed by atoms with van der Waals surface area (Å²) in [6.45, 7) is 3.53. The molecule has 1 aromatic heterocycles. The highest BCUT2D eigenvalue weighted by molar-refractivity contribution is 7.10. The molecule has 0 radical (unpaired) electrons. The van der Waals surface area contributed by atoms with Crippen molar-refractivity contribution in [3.05, 3.63) is 22.4 Å². The second-order valence-electron chi connectivity index (χ2n) is 3.65. The number of thiophene rings is 1. The Bertz CT molecular complexity index is 230. The van der Waals surface area contributed by atoms with Gasteiger partial charge in [0.05, 0.1) is 0 Å². The molecule has 0 spiro atoms. The zero-order valence-electron chi connectivity index (χ0n) is 7.42. The van der Waals surface area contributed by atoms with Crippen LogP contribution < -0.4 is 5.32 Å². The Labute approximate surface area is 77.8 Å². The highest BCUT2D eigenvalue weighted by Crippen LogP contribution is 2.29. The monoisotopic (exact) mass is 181 g/mol. The van der Waals surface area contributed by atoms with Crippen LogP contribution in [0.3, 0.4) is 0 Å². The lowest BCUT2D eigenvalue weighted by molar-refractivity contribution is 0.328. The maximum Gasteiger partial charge on any atom is 0.0417 e. The SMILES string of the molecule is CC1CCNC(c2cccs2)C1. The van der Waals surface area contributed by atoms with Gasteiger partial charge in [0.25, 0.3) is 0 Å². The summed E-state index contributed by atoms with van der Waals surface area (Å²) in [6.07, 6.45) is 2.64. The van der Waals surface area contributed by atoms with E-state index in [1.54, 1.807) is 0 Å². The minimum absolute atomic E-state index is 0.633. The molecule has 0 aromatic carbocycles. The van der Waals surface area contributed by atoms with Crippen LogP contribution in [-0.4, -0.2) is 6.54 Å². The quantitative estimate of drug-likeness (QED) is 0.702. The molecule has 2 heteroatoms. The first-order chi connectivity index (χ1) is 5.86. The van der Waals surface area contributed by atoms with Crippen molar-refractivity contribution in [2.45, 2.75) is 25.8 Å². The molecule has 2 rings (SSSR count). The minimum atomic E-state index is 0.633. The molecule has 1 saturated heterocycles. The van der Waals surface area contributed by atoms with Crippen LogP contribution in [0, 0.1) is 5.92 Å². The molecule has 0 aliphatic carbocycles. The summed E-state index contributed by atoms with van der Waals surface area (Å²) < 4.78 is 0. The van der Waals surface area contributed by atoms with Crippen LogP contribution >= 0.6 is 11.3 Å². The van der Waals surface area contributed by atoms with E-state index in [9.17, 15) is 0 Å². The van der Waals surface area contributed by atoms with E-state index in [0.29, 0.717) is 6.04 Å². The molecule has 2 atom stereocenters. The summed E-state index contributed by atoms with van der Waals surface area (Å²) in [4.78, 5) is 1.50. The first kappa shape index (κ1) is 8.27. The Morgan fingerprint density at radius 2 is 2.50 bits per heavy atom. The van der Waals surface area contributed by atoms with Crippen LogP contribution in [-0.2, 0) is 0 Å². The van der Waals surface area contributed by atoms with Crippen molar-refractivity contribution < 1.29 is 0 Å². The zero-order chi connectivity index (χ0) is 8.39. The van der Waals surface area contributed by atoms with E-state index >= 15 is 0 Å². The number of hydrogen-bond acceptors (Lipinski definition) is 2. The zero-order valence-corrected chi connectivity index (χ0v) is 8.23. The van der Waals surface area contributed by atoms with E-state index in [-0.39, 0.29) is 0 Å². The minimum Gasteiger partial charge on any atom is -0.309 e. The van der Waals surface area contributed by atoms with Crippen LogP contribution in [0.5, 0.6) is 0 Å². The van der Waals surface area contributed by atoms with Crippen LogP contribution in [0.4, 0.5) is 0 Å². The standard InChI is InChI=1S/C10H15NS/c1-8-4-5-11-9(7-8)10-3-2-6-12-10/h2-3,6,8-9,11H,4-5,7H2,1H3. The van der Waals surface area contributed by atoms with Gasteiger partial charge < -0.3 is 5.32 Å². The smallest absolute Gasteiger partial charge is 0.0417 e. The van der Waals surface area contributed by atoms with Crippen LogP contribution in [0.1, 0.15) is 30.7 Å². The van der Waals surface area contributed by atoms with E-state index in [0.717, 1.165) is 5.92 Å². The Balaban J connectivity index is 2.04. The molecule has 0 bridgehead atoms. The Morgan fingerprint density at radius 3 is 3.17 bits per heavy atom. The fourth-order valence-corrected chi connectivity index (χ4v) is 2.63. The van der Waals surface area contributed by atoms with Crippen molar-refractivity contribution >= 4 is 11.3 Å². The van der Waals surface area contributed by atoms with Gasteiger partial charge >= 0.3 is 0 Å². The van der Waals surface area contributed by atoms with Gasteiger partial charge in [0, 0.05) is 10.9 Å². The lowest BCUT2D eigenvalue weighted by Gasteiger charge is -2.27. The summed E-state index contributed by atoms with van der Waals surface area (Å²) in [5, 5.41) is 5.73. The van der Waals surface area contributed by atoms with Gasteiger partial charge in [0.2, 0.25) is 0 Å². The van der Waals surface area contributed by atoms with Gasteiger partial charge in [0.1, 0.15) is 0 Å².